The number of hydrogen-bond acceptors (Lipinski definition) is 4. The maximum Gasteiger partial charge on any atom is 0.573 e. The molecule has 1 unspecified atom stereocenters. The highest BCUT2D eigenvalue weighted by Crippen LogP contribution is 2.26. The minimum absolute atomic E-state index is 0.0388. The molecule has 1 atom stereocenters. The summed E-state index contributed by atoms with van der Waals surface area (Å²) in [6.07, 6.45) is -4.70. The predicted octanol–water partition coefficient (Wildman–Crippen LogP) is 3.19. The Bertz CT molecular complexity index is 463. The van der Waals surface area contributed by atoms with Crippen LogP contribution in [0.1, 0.15) is 31.9 Å². The third kappa shape index (κ3) is 6.48. The molecule has 21 heavy (non-hydrogen) atoms. The number of carbonyl (C=O) groups excluding carboxylic acids is 1. The van der Waals surface area contributed by atoms with Crippen LogP contribution in [0, 0.1) is 0 Å². The number of rotatable bonds is 7. The Morgan fingerprint density at radius 1 is 1.33 bits per heavy atom. The number of esters is 1. The molecule has 0 bridgehead atoms. The number of nitrogens with one attached hydrogen (secondary N) is 1. The molecule has 1 aromatic carbocycles. The Labute approximate surface area is 121 Å². The smallest absolute Gasteiger partial charge is 0.466 e. The summed E-state index contributed by atoms with van der Waals surface area (Å²) in [5, 5.41) is 3.04. The fourth-order valence-corrected chi connectivity index (χ4v) is 1.87. The molecule has 0 amide bonds. The van der Waals surface area contributed by atoms with E-state index in [-0.39, 0.29) is 18.8 Å². The van der Waals surface area contributed by atoms with Gasteiger partial charge in [0.2, 0.25) is 0 Å². The predicted molar refractivity (Wildman–Crippen MR) is 70.8 cm³/mol. The molecule has 0 aliphatic heterocycles. The molecule has 7 heteroatoms. The third-order valence-electron chi connectivity index (χ3n) is 2.62. The van der Waals surface area contributed by atoms with Gasteiger partial charge in [0.1, 0.15) is 5.75 Å². The van der Waals surface area contributed by atoms with Crippen LogP contribution in [0.5, 0.6) is 5.75 Å². The van der Waals surface area contributed by atoms with Crippen LogP contribution >= 0.6 is 0 Å². The number of ether oxygens (including phenoxy) is 2. The zero-order valence-electron chi connectivity index (χ0n) is 11.9. The zero-order chi connectivity index (χ0) is 15.9. The lowest BCUT2D eigenvalue weighted by Crippen LogP contribution is -2.25. The molecule has 1 aromatic rings. The zero-order valence-corrected chi connectivity index (χ0v) is 11.9. The van der Waals surface area contributed by atoms with Gasteiger partial charge in [-0.2, -0.15) is 0 Å². The number of hydrogen-bond donors (Lipinski definition) is 1. The van der Waals surface area contributed by atoms with Crippen molar-refractivity contribution in [1.29, 1.82) is 0 Å². The van der Waals surface area contributed by atoms with Gasteiger partial charge in [-0.05, 0) is 31.2 Å². The van der Waals surface area contributed by atoms with Crippen LogP contribution in [0.2, 0.25) is 0 Å². The first-order valence-electron chi connectivity index (χ1n) is 6.60. The molecule has 0 aliphatic carbocycles. The summed E-state index contributed by atoms with van der Waals surface area (Å²) in [6, 6.07) is 5.14. The van der Waals surface area contributed by atoms with Crippen LogP contribution in [-0.4, -0.2) is 25.5 Å². The van der Waals surface area contributed by atoms with Crippen molar-refractivity contribution in [2.45, 2.75) is 32.7 Å². The fraction of sp³-hybridized carbons (Fsp3) is 0.500. The molecule has 1 N–H and O–H groups in total. The summed E-state index contributed by atoms with van der Waals surface area (Å²) in [5.41, 5.74) is 0.534. The van der Waals surface area contributed by atoms with Gasteiger partial charge in [-0.25, -0.2) is 0 Å². The highest BCUT2D eigenvalue weighted by Gasteiger charge is 2.31. The molecular weight excluding hydrogens is 287 g/mol. The van der Waals surface area contributed by atoms with Crippen molar-refractivity contribution < 1.29 is 27.4 Å². The molecule has 0 spiro atoms. The van der Waals surface area contributed by atoms with Gasteiger partial charge in [0.05, 0.1) is 13.0 Å². The van der Waals surface area contributed by atoms with Gasteiger partial charge in [0.25, 0.3) is 0 Å². The molecular formula is C14H18F3NO3. The van der Waals surface area contributed by atoms with Gasteiger partial charge in [-0.1, -0.05) is 19.1 Å². The lowest BCUT2D eigenvalue weighted by molar-refractivity contribution is -0.274. The van der Waals surface area contributed by atoms with Crippen LogP contribution in [-0.2, 0) is 9.53 Å². The number of alkyl halides is 3. The maximum absolute atomic E-state index is 12.2. The lowest BCUT2D eigenvalue weighted by atomic mass is 10.0. The first-order valence-corrected chi connectivity index (χ1v) is 6.60. The van der Waals surface area contributed by atoms with E-state index in [1.165, 1.54) is 18.2 Å². The van der Waals surface area contributed by atoms with E-state index in [9.17, 15) is 18.0 Å². The van der Waals surface area contributed by atoms with Gasteiger partial charge in [-0.3, -0.25) is 4.79 Å². The van der Waals surface area contributed by atoms with E-state index in [0.717, 1.165) is 0 Å². The summed E-state index contributed by atoms with van der Waals surface area (Å²) >= 11 is 0. The van der Waals surface area contributed by atoms with Crippen molar-refractivity contribution >= 4 is 5.97 Å². The molecule has 0 saturated heterocycles. The fourth-order valence-electron chi connectivity index (χ4n) is 1.87. The Kier molecular flexibility index (Phi) is 6.48. The summed E-state index contributed by atoms with van der Waals surface area (Å²) < 4.78 is 45.4. The summed E-state index contributed by atoms with van der Waals surface area (Å²) in [4.78, 5) is 11.5. The Morgan fingerprint density at radius 3 is 2.62 bits per heavy atom. The van der Waals surface area contributed by atoms with Crippen molar-refractivity contribution in [2.24, 2.45) is 0 Å². The molecule has 0 aromatic heterocycles. The molecule has 0 heterocycles. The largest absolute Gasteiger partial charge is 0.573 e. The van der Waals surface area contributed by atoms with E-state index >= 15 is 0 Å². The van der Waals surface area contributed by atoms with Crippen molar-refractivity contribution in [3.05, 3.63) is 29.8 Å². The second-order valence-corrected chi connectivity index (χ2v) is 4.24. The standard InChI is InChI=1S/C14H18F3NO3/c1-3-18-12(9-13(19)20-4-2)10-6-5-7-11(8-10)21-14(15,16)17/h5-8,12,18H,3-4,9H2,1-2H3. The van der Waals surface area contributed by atoms with E-state index in [1.54, 1.807) is 13.0 Å². The highest BCUT2D eigenvalue weighted by atomic mass is 19.4. The van der Waals surface area contributed by atoms with Crippen LogP contribution in [0.25, 0.3) is 0 Å². The topological polar surface area (TPSA) is 47.6 Å². The second-order valence-electron chi connectivity index (χ2n) is 4.24. The van der Waals surface area contributed by atoms with Crippen molar-refractivity contribution in [3.8, 4) is 5.75 Å². The van der Waals surface area contributed by atoms with Gasteiger partial charge >= 0.3 is 12.3 Å². The normalized spacial score (nSPS) is 12.8. The minimum Gasteiger partial charge on any atom is -0.466 e. The van der Waals surface area contributed by atoms with Crippen molar-refractivity contribution in [2.75, 3.05) is 13.2 Å². The lowest BCUT2D eigenvalue weighted by Gasteiger charge is -2.18. The van der Waals surface area contributed by atoms with Crippen LogP contribution < -0.4 is 10.1 Å². The highest BCUT2D eigenvalue weighted by molar-refractivity contribution is 5.70. The van der Waals surface area contributed by atoms with Crippen LogP contribution in [0.4, 0.5) is 13.2 Å². The van der Waals surface area contributed by atoms with Crippen LogP contribution in [0.15, 0.2) is 24.3 Å². The van der Waals surface area contributed by atoms with Gasteiger partial charge in [0, 0.05) is 6.04 Å². The van der Waals surface area contributed by atoms with Gasteiger partial charge in [-0.15, -0.1) is 13.2 Å². The van der Waals surface area contributed by atoms with Gasteiger partial charge in [0.15, 0.2) is 0 Å². The average Bonchev–Trinajstić information content (AvgIpc) is 2.37. The Balaban J connectivity index is 2.87. The van der Waals surface area contributed by atoms with Crippen molar-refractivity contribution in [1.82, 2.24) is 5.32 Å². The van der Waals surface area contributed by atoms with Gasteiger partial charge < -0.3 is 14.8 Å². The maximum atomic E-state index is 12.2. The SMILES string of the molecule is CCNC(CC(=O)OCC)c1cccc(OC(F)(F)F)c1. The molecule has 0 radical (unpaired) electrons. The minimum atomic E-state index is -4.74. The van der Waals surface area contributed by atoms with Crippen LogP contribution in [0.3, 0.4) is 0 Å². The van der Waals surface area contributed by atoms with E-state index in [4.69, 9.17) is 4.74 Å². The second kappa shape index (κ2) is 7.87. The van der Waals surface area contributed by atoms with E-state index in [1.807, 2.05) is 6.92 Å². The molecule has 0 fully saturated rings. The summed E-state index contributed by atoms with van der Waals surface area (Å²) in [6.45, 7) is 4.36. The Hall–Kier alpha value is -1.76. The van der Waals surface area contributed by atoms with E-state index < -0.39 is 18.4 Å². The first-order chi connectivity index (χ1) is 9.85. The molecule has 4 nitrogen and oxygen atoms in total. The molecule has 1 rings (SSSR count). The van der Waals surface area contributed by atoms with Crippen molar-refractivity contribution in [3.63, 3.8) is 0 Å². The number of benzene rings is 1. The number of carbonyl (C=O) groups is 1. The molecule has 118 valence electrons. The first kappa shape index (κ1) is 17.3. The molecule has 0 saturated carbocycles. The molecule has 0 aliphatic rings. The Morgan fingerprint density at radius 2 is 2.05 bits per heavy atom. The third-order valence-corrected chi connectivity index (χ3v) is 2.62. The van der Waals surface area contributed by atoms with E-state index in [0.29, 0.717) is 12.1 Å². The summed E-state index contributed by atoms with van der Waals surface area (Å²) in [7, 11) is 0. The monoisotopic (exact) mass is 305 g/mol. The average molecular weight is 305 g/mol. The number of halogens is 3. The van der Waals surface area contributed by atoms with E-state index in [2.05, 4.69) is 10.1 Å². The quantitative estimate of drug-likeness (QED) is 0.786. The summed E-state index contributed by atoms with van der Waals surface area (Å²) in [5.74, 6) is -0.725.